The SMILES string of the molecule is CN[C@@H]1[C@H](O[C@H]2[C@@H](O[C@@H]3[C@@H](O)[C@H](O)[C@@H](N=C(N)N)[C@H](O)[C@H]3N=C(N)N)O[C@@H](C)[C@]2(O)CO)O[C@@H](CO)[C@H](O)[C@H]1O.CN[C@@H]1[C@H](O[C@H]2[C@@H](O[C@@H]3[C@@H](O)[C@H](O)[C@@H](N=C(N)N)[C@H](O)[C@H]3N=C(N)N)O[C@@H](C)[C@]2(O)CO)O[C@@H](CO)[C@H](O)[C@H]1O.O.O=S(=O)(O)O.O=S(=O)(O)O.O=S(=O)(O)O. The van der Waals surface area contributed by atoms with Crippen LogP contribution in [0.2, 0.25) is 0 Å². The van der Waals surface area contributed by atoms with Crippen molar-refractivity contribution < 1.29 is 178 Å². The molecule has 4 saturated heterocycles. The summed E-state index contributed by atoms with van der Waals surface area (Å²) in [7, 11) is -11.1. The van der Waals surface area contributed by atoms with Crippen LogP contribution in [-0.2, 0) is 69.1 Å². The summed E-state index contributed by atoms with van der Waals surface area (Å²) in [4.78, 5) is 15.3. The molecule has 6 aliphatic rings. The van der Waals surface area contributed by atoms with Gasteiger partial charge in [0.15, 0.2) is 49.0 Å². The summed E-state index contributed by atoms with van der Waals surface area (Å²) < 4.78 is 141. The highest BCUT2D eigenvalue weighted by molar-refractivity contribution is 7.80. The quantitative estimate of drug-likeness (QED) is 0.0344. The number of ether oxygens (including phenoxy) is 8. The largest absolute Gasteiger partial charge is 0.412 e. The summed E-state index contributed by atoms with van der Waals surface area (Å²) in [6.45, 7) is -0.397. The Kier molecular flexibility index (Phi) is 34.8. The monoisotopic (exact) mass is 1480 g/mol. The third kappa shape index (κ3) is 24.5. The average molecular weight is 1480 g/mol. The van der Waals surface area contributed by atoms with Gasteiger partial charge in [-0.2, -0.15) is 25.3 Å². The number of likely N-dealkylation sites (N-methyl/N-ethyl adjacent to an activating group) is 2. The lowest BCUT2D eigenvalue weighted by atomic mass is 9.81. The van der Waals surface area contributed by atoms with E-state index in [1.165, 1.54) is 27.9 Å². The summed E-state index contributed by atoms with van der Waals surface area (Å²) in [6, 6.07) is -8.01. The molecule has 30 atom stereocenters. The van der Waals surface area contributed by atoms with Crippen molar-refractivity contribution in [3.63, 3.8) is 0 Å². The van der Waals surface area contributed by atoms with E-state index in [1.54, 1.807) is 0 Å². The van der Waals surface area contributed by atoms with Crippen LogP contribution in [-0.4, -0.2) is 387 Å². The zero-order chi connectivity index (χ0) is 73.7. The topological polar surface area (TPSA) is 934 Å². The van der Waals surface area contributed by atoms with Gasteiger partial charge in [0.2, 0.25) is 0 Å². The van der Waals surface area contributed by atoms with Crippen molar-refractivity contribution in [1.82, 2.24) is 10.6 Å². The lowest BCUT2D eigenvalue weighted by Gasteiger charge is -2.45. The highest BCUT2D eigenvalue weighted by Crippen LogP contribution is 2.41. The van der Waals surface area contributed by atoms with Gasteiger partial charge in [-0.05, 0) is 27.9 Å². The molecular weight excluding hydrogens is 1390 g/mol. The number of nitrogens with zero attached hydrogens (tertiary/aromatic N) is 4. The first kappa shape index (κ1) is 89.6. The lowest BCUT2D eigenvalue weighted by molar-refractivity contribution is -0.317. The number of hydrogen-bond donors (Lipinski definition) is 32. The maximum atomic E-state index is 11.3. The van der Waals surface area contributed by atoms with Crippen LogP contribution >= 0.6 is 0 Å². The number of aliphatic hydroxyl groups is 16. The molecule has 96 heavy (non-hydrogen) atoms. The second kappa shape index (κ2) is 37.3. The number of nitrogens with one attached hydrogen (secondary N) is 2. The van der Waals surface area contributed by atoms with Gasteiger partial charge in [-0.25, -0.2) is 20.0 Å². The Morgan fingerprint density at radius 1 is 0.406 bits per heavy atom. The fourth-order valence-electron chi connectivity index (χ4n) is 10.3. The van der Waals surface area contributed by atoms with Crippen molar-refractivity contribution in [2.24, 2.45) is 65.8 Å². The maximum Gasteiger partial charge on any atom is 0.394 e. The molecule has 0 unspecified atom stereocenters. The van der Waals surface area contributed by atoms with Gasteiger partial charge < -0.3 is 182 Å². The van der Waals surface area contributed by atoms with Gasteiger partial charge in [-0.1, -0.05) is 0 Å². The second-order valence-electron chi connectivity index (χ2n) is 21.4. The lowest BCUT2D eigenvalue weighted by Crippen LogP contribution is -2.66. The summed E-state index contributed by atoms with van der Waals surface area (Å²) in [5.74, 6) is -2.01. The number of hydrogen-bond acceptors (Lipinski definition) is 36. The molecule has 6 fully saturated rings. The van der Waals surface area contributed by atoms with Gasteiger partial charge in [0.25, 0.3) is 0 Å². The fourth-order valence-corrected chi connectivity index (χ4v) is 10.3. The molecule has 0 aromatic rings. The van der Waals surface area contributed by atoms with Crippen LogP contribution in [0.3, 0.4) is 0 Å². The van der Waals surface area contributed by atoms with E-state index in [0.29, 0.717) is 0 Å². The Labute approximate surface area is 544 Å². The molecule has 2 saturated carbocycles. The van der Waals surface area contributed by atoms with E-state index in [-0.39, 0.29) is 5.48 Å². The van der Waals surface area contributed by atoms with Crippen molar-refractivity contribution >= 4 is 55.0 Å². The summed E-state index contributed by atoms with van der Waals surface area (Å²) in [5, 5.41) is 174. The maximum absolute atomic E-state index is 11.3. The van der Waals surface area contributed by atoms with Gasteiger partial charge in [-0.3, -0.25) is 27.3 Å². The predicted molar refractivity (Wildman–Crippen MR) is 314 cm³/mol. The minimum absolute atomic E-state index is 0. The first-order valence-corrected chi connectivity index (χ1v) is 31.3. The van der Waals surface area contributed by atoms with Crippen LogP contribution in [0.4, 0.5) is 0 Å². The summed E-state index contributed by atoms with van der Waals surface area (Å²) in [5.41, 5.74) is 39.3. The van der Waals surface area contributed by atoms with Crippen LogP contribution in [0.1, 0.15) is 13.8 Å². The highest BCUT2D eigenvalue weighted by Gasteiger charge is 2.63. The Balaban J connectivity index is 0.000000783. The number of aliphatic hydroxyl groups excluding tert-OH is 14. The Morgan fingerprint density at radius 3 is 0.875 bits per heavy atom. The Bertz CT molecular complexity index is 2620. The first-order chi connectivity index (χ1) is 43.4. The third-order valence-corrected chi connectivity index (χ3v) is 15.0. The molecule has 0 bridgehead atoms. The second-order valence-corrected chi connectivity index (χ2v) is 24.1. The summed E-state index contributed by atoms with van der Waals surface area (Å²) >= 11 is 0. The van der Waals surface area contributed by atoms with Crippen molar-refractivity contribution in [3.05, 3.63) is 0 Å². The normalized spacial score (nSPS) is 41.4. The number of guanidine groups is 4. The number of aliphatic imine (C=N–C) groups is 4. The molecule has 6 rings (SSSR count). The first-order valence-electron chi connectivity index (χ1n) is 27.1. The van der Waals surface area contributed by atoms with E-state index in [9.17, 15) is 81.7 Å². The molecule has 0 amide bonds. The molecule has 42 N–H and O–H groups in total. The Hall–Kier alpha value is -4.39. The molecule has 4 aliphatic heterocycles. The third-order valence-electron chi connectivity index (χ3n) is 15.0. The van der Waals surface area contributed by atoms with E-state index in [4.69, 9.17) is 136 Å². The van der Waals surface area contributed by atoms with Crippen molar-refractivity contribution in [2.75, 3.05) is 40.5 Å². The van der Waals surface area contributed by atoms with Crippen LogP contribution in [0.15, 0.2) is 20.0 Å². The highest BCUT2D eigenvalue weighted by atomic mass is 32.3. The molecule has 568 valence electrons. The van der Waals surface area contributed by atoms with E-state index in [1.807, 2.05) is 0 Å². The van der Waals surface area contributed by atoms with Crippen LogP contribution < -0.4 is 56.5 Å². The molecule has 0 spiro atoms. The minimum Gasteiger partial charge on any atom is -0.412 e. The van der Waals surface area contributed by atoms with Crippen LogP contribution in [0.25, 0.3) is 0 Å². The smallest absolute Gasteiger partial charge is 0.394 e. The molecule has 2 aliphatic carbocycles. The zero-order valence-corrected chi connectivity index (χ0v) is 53.1. The van der Waals surface area contributed by atoms with Gasteiger partial charge >= 0.3 is 31.2 Å². The van der Waals surface area contributed by atoms with Crippen molar-refractivity contribution in [3.8, 4) is 0 Å². The molecular formula is C42H90N14O37S3. The number of rotatable bonds is 18. The zero-order valence-electron chi connectivity index (χ0n) is 50.7. The van der Waals surface area contributed by atoms with Crippen molar-refractivity contribution in [2.45, 2.75) is 196 Å². The molecule has 4 heterocycles. The standard InChI is InChI=1S/2C21H41N7O12.3H2O4S.H2O/c2*1-5-21(36,4-30)16(40-17-9(26-2)13(34)10(31)6(3-29)38-17)18(37-5)39-15-8(28-20(24)25)11(32)7(27-19(22)23)12(33)14(15)35;3*1-5(2,3)4;/h2*5-18,26,29-36H,3-4H2,1-2H3,(H4,22,23,27)(H4,24,25,28);3*(H2,1,2,3,4);1H2/t2*5-,6-,7-,8+,9-,10-,11-,12+,13-,14-,15-,16-,17-,18+,21+;;;;/m00..../s1. The van der Waals surface area contributed by atoms with Gasteiger partial charge in [0.05, 0.1) is 50.7 Å². The van der Waals surface area contributed by atoms with E-state index >= 15 is 0 Å². The predicted octanol–water partition coefficient (Wildman–Crippen LogP) is -19.5. The minimum atomic E-state index is -4.67. The fraction of sp³-hybridized carbons (Fsp3) is 0.905. The van der Waals surface area contributed by atoms with Gasteiger partial charge in [0.1, 0.15) is 133 Å². The van der Waals surface area contributed by atoms with E-state index in [2.05, 4.69) is 30.6 Å². The molecule has 0 aromatic heterocycles. The van der Waals surface area contributed by atoms with E-state index < -0.39 is 264 Å². The van der Waals surface area contributed by atoms with Gasteiger partial charge in [0, 0.05) is 0 Å². The van der Waals surface area contributed by atoms with Crippen LogP contribution in [0, 0.1) is 0 Å². The molecule has 0 radical (unpaired) electrons. The number of nitrogens with two attached hydrogens (primary N) is 8. The average Bonchev–Trinajstić information content (AvgIpc) is 1.51. The van der Waals surface area contributed by atoms with Gasteiger partial charge in [-0.15, -0.1) is 0 Å². The van der Waals surface area contributed by atoms with E-state index in [0.717, 1.165) is 0 Å². The van der Waals surface area contributed by atoms with Crippen LogP contribution in [0.5, 0.6) is 0 Å². The molecule has 51 nitrogen and oxygen atoms in total. The summed E-state index contributed by atoms with van der Waals surface area (Å²) in [6.07, 6.45) is -33.9. The van der Waals surface area contributed by atoms with Crippen molar-refractivity contribution in [1.29, 1.82) is 0 Å². The Morgan fingerprint density at radius 2 is 0.656 bits per heavy atom. The molecule has 0 aromatic carbocycles. The molecule has 54 heteroatoms.